The predicted octanol–water partition coefficient (Wildman–Crippen LogP) is 1.79. The average molecular weight is 393 g/mol. The van der Waals surface area contributed by atoms with Crippen LogP contribution in [0.3, 0.4) is 0 Å². The van der Waals surface area contributed by atoms with E-state index in [9.17, 15) is 9.59 Å². The monoisotopic (exact) mass is 392 g/mol. The van der Waals surface area contributed by atoms with Gasteiger partial charge in [0, 0.05) is 11.3 Å². The summed E-state index contributed by atoms with van der Waals surface area (Å²) < 4.78 is 0. The van der Waals surface area contributed by atoms with Crippen LogP contribution < -0.4 is 15.1 Å². The molecular weight excluding hydrogens is 362 g/mol. The predicted molar refractivity (Wildman–Crippen MR) is 114 cm³/mol. The number of nitrogens with one attached hydrogen (secondary N) is 2. The quantitative estimate of drug-likeness (QED) is 0.763. The number of quaternary nitrogens is 1. The number of nitrogens with zero attached hydrogens (tertiary/aromatic N) is 1. The number of benzene rings is 2. The van der Waals surface area contributed by atoms with Crippen molar-refractivity contribution < 1.29 is 14.5 Å². The molecule has 0 unspecified atom stereocenters. The lowest BCUT2D eigenvalue weighted by Crippen LogP contribution is -3.16. The number of carbonyl (C=O) groups is 2. The van der Waals surface area contributed by atoms with Gasteiger partial charge in [0.25, 0.3) is 5.91 Å². The van der Waals surface area contributed by atoms with Crippen LogP contribution in [0.4, 0.5) is 5.69 Å². The van der Waals surface area contributed by atoms with Crippen LogP contribution in [0.1, 0.15) is 47.3 Å². The van der Waals surface area contributed by atoms with Crippen molar-refractivity contribution in [2.24, 2.45) is 0 Å². The summed E-state index contributed by atoms with van der Waals surface area (Å²) in [7, 11) is 0. The first-order chi connectivity index (χ1) is 14.1. The Kier molecular flexibility index (Phi) is 5.95. The molecule has 1 aliphatic heterocycles. The smallest absolute Gasteiger partial charge is 0.275 e. The van der Waals surface area contributed by atoms with E-state index < -0.39 is 0 Å². The zero-order valence-corrected chi connectivity index (χ0v) is 17.1. The Morgan fingerprint density at radius 1 is 1.07 bits per heavy atom. The number of rotatable bonds is 5. The third kappa shape index (κ3) is 4.67. The van der Waals surface area contributed by atoms with Crippen LogP contribution in [-0.2, 0) is 11.2 Å². The fourth-order valence-corrected chi connectivity index (χ4v) is 4.54. The third-order valence-corrected chi connectivity index (χ3v) is 6.22. The molecular formula is C24H30N3O2+. The van der Waals surface area contributed by atoms with Gasteiger partial charge in [0.1, 0.15) is 0 Å². The van der Waals surface area contributed by atoms with Crippen molar-refractivity contribution in [1.82, 2.24) is 5.32 Å². The molecule has 0 spiro atoms. The van der Waals surface area contributed by atoms with Crippen LogP contribution in [0, 0.1) is 0 Å². The number of amides is 1. The SMILES string of the molecule is CC(=O)c1ccc(N2CC[NH+](CC(=O)N[C@@H]3CCCc4ccccc43)CC2)cc1. The Morgan fingerprint density at radius 3 is 2.52 bits per heavy atom. The number of fused-ring (bicyclic) bond motifs is 1. The van der Waals surface area contributed by atoms with E-state index in [0.717, 1.165) is 56.7 Å². The molecule has 1 atom stereocenters. The Bertz CT molecular complexity index is 870. The molecule has 4 rings (SSSR count). The number of Topliss-reactive ketones (excluding diaryl/α,β-unsaturated/α-hetero) is 1. The van der Waals surface area contributed by atoms with Crippen molar-refractivity contribution in [3.05, 3.63) is 65.2 Å². The van der Waals surface area contributed by atoms with E-state index in [4.69, 9.17) is 0 Å². The third-order valence-electron chi connectivity index (χ3n) is 6.22. The summed E-state index contributed by atoms with van der Waals surface area (Å²) in [6.07, 6.45) is 3.28. The topological polar surface area (TPSA) is 53.9 Å². The average Bonchev–Trinajstić information content (AvgIpc) is 2.74. The zero-order valence-electron chi connectivity index (χ0n) is 17.1. The molecule has 0 bridgehead atoms. The van der Waals surface area contributed by atoms with E-state index in [2.05, 4.69) is 34.5 Å². The summed E-state index contributed by atoms with van der Waals surface area (Å²) in [5.74, 6) is 0.248. The van der Waals surface area contributed by atoms with E-state index >= 15 is 0 Å². The first-order valence-electron chi connectivity index (χ1n) is 10.7. The zero-order chi connectivity index (χ0) is 20.2. The molecule has 5 heteroatoms. The molecule has 1 amide bonds. The summed E-state index contributed by atoms with van der Waals surface area (Å²) >= 11 is 0. The van der Waals surface area contributed by atoms with Crippen LogP contribution in [0.2, 0.25) is 0 Å². The first kappa shape index (κ1) is 19.6. The summed E-state index contributed by atoms with van der Waals surface area (Å²) in [6, 6.07) is 16.5. The number of hydrogen-bond acceptors (Lipinski definition) is 3. The van der Waals surface area contributed by atoms with E-state index in [-0.39, 0.29) is 17.7 Å². The van der Waals surface area contributed by atoms with Gasteiger partial charge in [0.15, 0.2) is 12.3 Å². The maximum atomic E-state index is 12.7. The standard InChI is InChI=1S/C24H29N3O2/c1-18(28)19-9-11-21(12-10-19)27-15-13-26(14-16-27)17-24(29)25-23-8-4-6-20-5-2-3-7-22(20)23/h2-3,5,7,9-12,23H,4,6,8,13-17H2,1H3,(H,25,29)/p+1/t23-/m1/s1. The van der Waals surface area contributed by atoms with Gasteiger partial charge < -0.3 is 15.1 Å². The molecule has 2 aromatic carbocycles. The van der Waals surface area contributed by atoms with Crippen molar-refractivity contribution in [1.29, 1.82) is 0 Å². The highest BCUT2D eigenvalue weighted by atomic mass is 16.2. The first-order valence-corrected chi connectivity index (χ1v) is 10.7. The van der Waals surface area contributed by atoms with Crippen LogP contribution in [-0.4, -0.2) is 44.4 Å². The molecule has 29 heavy (non-hydrogen) atoms. The summed E-state index contributed by atoms with van der Waals surface area (Å²) in [6.45, 7) is 5.87. The van der Waals surface area contributed by atoms with Gasteiger partial charge in [0.05, 0.1) is 32.2 Å². The lowest BCUT2D eigenvalue weighted by atomic mass is 9.88. The van der Waals surface area contributed by atoms with Crippen LogP contribution in [0.15, 0.2) is 48.5 Å². The van der Waals surface area contributed by atoms with E-state index in [0.29, 0.717) is 6.54 Å². The molecule has 2 aliphatic rings. The number of hydrogen-bond donors (Lipinski definition) is 2. The van der Waals surface area contributed by atoms with Gasteiger partial charge in [0.2, 0.25) is 0 Å². The fourth-order valence-electron chi connectivity index (χ4n) is 4.54. The number of anilines is 1. The normalized spacial score (nSPS) is 19.5. The molecule has 0 saturated carbocycles. The second kappa shape index (κ2) is 8.78. The van der Waals surface area contributed by atoms with Crippen LogP contribution in [0.5, 0.6) is 0 Å². The van der Waals surface area contributed by atoms with Gasteiger partial charge in [-0.3, -0.25) is 9.59 Å². The largest absolute Gasteiger partial charge is 0.360 e. The Balaban J connectivity index is 1.28. The number of piperazine rings is 1. The second-order valence-corrected chi connectivity index (χ2v) is 8.23. The summed E-state index contributed by atoms with van der Waals surface area (Å²) in [5, 5.41) is 3.28. The minimum absolute atomic E-state index is 0.0948. The molecule has 1 heterocycles. The van der Waals surface area contributed by atoms with E-state index in [1.54, 1.807) is 6.92 Å². The molecule has 1 fully saturated rings. The molecule has 5 nitrogen and oxygen atoms in total. The van der Waals surface area contributed by atoms with Crippen molar-refractivity contribution >= 4 is 17.4 Å². The van der Waals surface area contributed by atoms with Gasteiger partial charge in [-0.15, -0.1) is 0 Å². The number of carbonyl (C=O) groups excluding carboxylic acids is 2. The van der Waals surface area contributed by atoms with Gasteiger partial charge in [-0.1, -0.05) is 24.3 Å². The highest BCUT2D eigenvalue weighted by molar-refractivity contribution is 5.94. The van der Waals surface area contributed by atoms with Crippen LogP contribution >= 0.6 is 0 Å². The van der Waals surface area contributed by atoms with Gasteiger partial charge in [-0.25, -0.2) is 0 Å². The number of ketones is 1. The minimum atomic E-state index is 0.0948. The summed E-state index contributed by atoms with van der Waals surface area (Å²) in [5.41, 5.74) is 4.57. The molecule has 0 radical (unpaired) electrons. The molecule has 152 valence electrons. The molecule has 1 aliphatic carbocycles. The van der Waals surface area contributed by atoms with E-state index in [1.165, 1.54) is 16.0 Å². The van der Waals surface area contributed by atoms with Gasteiger partial charge in [-0.2, -0.15) is 0 Å². The highest BCUT2D eigenvalue weighted by Gasteiger charge is 2.25. The lowest BCUT2D eigenvalue weighted by molar-refractivity contribution is -0.892. The van der Waals surface area contributed by atoms with Gasteiger partial charge >= 0.3 is 0 Å². The maximum absolute atomic E-state index is 12.7. The van der Waals surface area contributed by atoms with Crippen molar-refractivity contribution in [2.75, 3.05) is 37.6 Å². The van der Waals surface area contributed by atoms with Crippen molar-refractivity contribution in [3.63, 3.8) is 0 Å². The van der Waals surface area contributed by atoms with E-state index in [1.807, 2.05) is 24.3 Å². The molecule has 1 saturated heterocycles. The number of aryl methyl sites for hydroxylation is 1. The maximum Gasteiger partial charge on any atom is 0.275 e. The molecule has 0 aromatic heterocycles. The van der Waals surface area contributed by atoms with Gasteiger partial charge in [-0.05, 0) is 61.6 Å². The molecule has 2 N–H and O–H groups in total. The minimum Gasteiger partial charge on any atom is -0.360 e. The Morgan fingerprint density at radius 2 is 1.79 bits per heavy atom. The van der Waals surface area contributed by atoms with Crippen molar-refractivity contribution in [3.8, 4) is 0 Å². The fraction of sp³-hybridized carbons (Fsp3) is 0.417. The molecule has 2 aromatic rings. The Hall–Kier alpha value is -2.66. The lowest BCUT2D eigenvalue weighted by Gasteiger charge is -2.34. The Labute approximate surface area is 172 Å². The second-order valence-electron chi connectivity index (χ2n) is 8.23. The highest BCUT2D eigenvalue weighted by Crippen LogP contribution is 2.29. The van der Waals surface area contributed by atoms with Crippen LogP contribution in [0.25, 0.3) is 0 Å². The van der Waals surface area contributed by atoms with Crippen molar-refractivity contribution in [2.45, 2.75) is 32.2 Å². The summed E-state index contributed by atoms with van der Waals surface area (Å²) in [4.78, 5) is 27.8.